The van der Waals surface area contributed by atoms with Crippen LogP contribution in [-0.4, -0.2) is 295 Å². The van der Waals surface area contributed by atoms with Crippen molar-refractivity contribution in [1.82, 2.24) is 60.0 Å². The van der Waals surface area contributed by atoms with Crippen LogP contribution >= 0.6 is 0 Å². The van der Waals surface area contributed by atoms with E-state index in [0.29, 0.717) is 57.3 Å². The number of carbonyl (C=O) groups excluding carboxylic acids is 12. The van der Waals surface area contributed by atoms with Gasteiger partial charge in [-0.2, -0.15) is 13.2 Å². The van der Waals surface area contributed by atoms with Gasteiger partial charge in [0, 0.05) is 95.5 Å². The van der Waals surface area contributed by atoms with Crippen molar-refractivity contribution in [1.29, 1.82) is 0 Å². The number of halogens is 5. The van der Waals surface area contributed by atoms with E-state index in [-0.39, 0.29) is 83.5 Å². The van der Waals surface area contributed by atoms with Crippen LogP contribution in [-0.2, 0) is 67.0 Å². The number of fused-ring (bicyclic) bond motifs is 4. The van der Waals surface area contributed by atoms with Crippen LogP contribution in [0, 0.1) is 35.5 Å². The Morgan fingerprint density at radius 2 is 1.29 bits per heavy atom. The van der Waals surface area contributed by atoms with E-state index in [1.807, 2.05) is 19.9 Å². The van der Waals surface area contributed by atoms with Gasteiger partial charge in [-0.15, -0.1) is 0 Å². The van der Waals surface area contributed by atoms with Crippen LogP contribution in [0.5, 0.6) is 0 Å². The molecule has 108 heavy (non-hydrogen) atoms. The summed E-state index contributed by atoms with van der Waals surface area (Å²) in [6, 6.07) is -11.9. The van der Waals surface area contributed by atoms with E-state index in [1.165, 1.54) is 90.7 Å². The molecular weight excluding hydrogens is 1410 g/mol. The van der Waals surface area contributed by atoms with Crippen LogP contribution in [0.3, 0.4) is 0 Å². The first-order valence-corrected chi connectivity index (χ1v) is 39.5. The monoisotopic (exact) mass is 1530 g/mol. The Kier molecular flexibility index (Phi) is 30.3. The predicted octanol–water partition coefficient (Wildman–Crippen LogP) is 5.72. The Hall–Kier alpha value is -7.05. The number of carbonyl (C=O) groups is 12. The molecule has 2 bridgehead atoms. The second kappa shape index (κ2) is 37.8. The average Bonchev–Trinajstić information content (AvgIpc) is 1.73. The Balaban J connectivity index is 1.22. The van der Waals surface area contributed by atoms with Crippen molar-refractivity contribution < 1.29 is 89.0 Å². The molecule has 608 valence electrons. The minimum Gasteiger partial charge on any atom is -0.380 e. The van der Waals surface area contributed by atoms with Gasteiger partial charge < -0.3 is 69.5 Å². The first-order valence-electron chi connectivity index (χ1n) is 39.5. The molecule has 3 saturated heterocycles. The Morgan fingerprint density at radius 1 is 0.657 bits per heavy atom. The molecule has 8 rings (SSSR count). The summed E-state index contributed by atoms with van der Waals surface area (Å²) in [6.07, 6.45) is -3.58. The lowest BCUT2D eigenvalue weighted by molar-refractivity contribution is -0.219. The fourth-order valence-corrected chi connectivity index (χ4v) is 17.9. The van der Waals surface area contributed by atoms with Crippen molar-refractivity contribution in [3.8, 4) is 0 Å². The molecule has 2 unspecified atom stereocenters. The summed E-state index contributed by atoms with van der Waals surface area (Å²) in [5.74, 6) is -13.0. The molecule has 4 aliphatic heterocycles. The number of alkyl halides is 5. The van der Waals surface area contributed by atoms with Crippen LogP contribution < -0.4 is 16.0 Å². The van der Waals surface area contributed by atoms with Crippen molar-refractivity contribution in [2.75, 3.05) is 89.2 Å². The molecule has 0 aromatic heterocycles. The van der Waals surface area contributed by atoms with E-state index >= 15 is 51.9 Å². The molecular formula is C77H121F5N12O14. The molecule has 0 aromatic carbocycles. The minimum atomic E-state index is -5.18. The summed E-state index contributed by atoms with van der Waals surface area (Å²) in [7, 11) is 11.4. The molecule has 14 atom stereocenters. The number of ether oxygens (including phenoxy) is 2. The molecule has 8 aliphatic rings. The smallest absolute Gasteiger partial charge is 0.380 e. The third-order valence-corrected chi connectivity index (χ3v) is 25.0. The molecule has 4 heterocycles. The van der Waals surface area contributed by atoms with Gasteiger partial charge in [-0.25, -0.2) is 8.78 Å². The molecule has 3 N–H and O–H groups in total. The van der Waals surface area contributed by atoms with E-state index in [1.54, 1.807) is 19.9 Å². The maximum Gasteiger partial charge on any atom is 0.397 e. The van der Waals surface area contributed by atoms with Crippen molar-refractivity contribution in [2.45, 2.75) is 279 Å². The molecule has 31 heteroatoms. The lowest BCUT2D eigenvalue weighted by atomic mass is 9.74. The SMILES string of the molecule is CCC[C@H]1C(=O)N[C@@H]([C@@H](C)CC)C(=O)N2C[C@@H](OC)C[C@H]2C(=O)N(C)[C@H]2C/C=C\CCN(C2=O)[C@@H](CC2CCC(C)CC2)C(=O)N(C)CC(=O)N[C@@H](CCC2CC(F)C(C(F)(F)F)C(F)C2)C(=O)N2C[C@H](OCC)C[C@H]2C(=O)NC2(CCC2)C(=O)N(C)[C@@H](C2CCCC2)C(=O)N(C)[C@H](C(=O)N(C)C)CC(=O)N1C. The van der Waals surface area contributed by atoms with E-state index in [0.717, 1.165) is 35.5 Å². The summed E-state index contributed by atoms with van der Waals surface area (Å²) in [5.41, 5.74) is -1.65. The largest absolute Gasteiger partial charge is 0.397 e. The van der Waals surface area contributed by atoms with Gasteiger partial charge in [0.1, 0.15) is 78.2 Å². The number of nitrogens with zero attached hydrogens (tertiary/aromatic N) is 9. The number of methoxy groups -OCH3 is 1. The zero-order chi connectivity index (χ0) is 79.5. The molecule has 4 aliphatic carbocycles. The number of nitrogens with one attached hydrogen (secondary N) is 3. The number of likely N-dealkylation sites (N-methyl/N-ethyl adjacent to an activating group) is 6. The molecule has 26 nitrogen and oxygen atoms in total. The quantitative estimate of drug-likeness (QED) is 0.139. The van der Waals surface area contributed by atoms with E-state index in [9.17, 15) is 27.6 Å². The average molecular weight is 1530 g/mol. The van der Waals surface area contributed by atoms with Gasteiger partial charge in [0.2, 0.25) is 70.9 Å². The molecule has 1 spiro atoms. The van der Waals surface area contributed by atoms with Crippen molar-refractivity contribution in [2.24, 2.45) is 35.5 Å². The predicted molar refractivity (Wildman–Crippen MR) is 389 cm³/mol. The van der Waals surface area contributed by atoms with Crippen LogP contribution in [0.2, 0.25) is 0 Å². The third-order valence-electron chi connectivity index (χ3n) is 25.0. The zero-order valence-corrected chi connectivity index (χ0v) is 65.8. The summed E-state index contributed by atoms with van der Waals surface area (Å²) in [5, 5.41) is 8.66. The number of hydrogen-bond acceptors (Lipinski definition) is 14. The molecule has 7 fully saturated rings. The van der Waals surface area contributed by atoms with Gasteiger partial charge in [-0.1, -0.05) is 91.2 Å². The zero-order valence-electron chi connectivity index (χ0n) is 65.8. The molecule has 12 amide bonds. The summed E-state index contributed by atoms with van der Waals surface area (Å²) in [4.78, 5) is 195. The normalized spacial score (nSPS) is 33.6. The van der Waals surface area contributed by atoms with Crippen molar-refractivity contribution in [3.63, 3.8) is 0 Å². The summed E-state index contributed by atoms with van der Waals surface area (Å²) < 4.78 is 84.9. The maximum absolute atomic E-state index is 15.7. The van der Waals surface area contributed by atoms with Gasteiger partial charge in [-0.3, -0.25) is 57.5 Å². The van der Waals surface area contributed by atoms with Gasteiger partial charge in [0.15, 0.2) is 0 Å². The van der Waals surface area contributed by atoms with Gasteiger partial charge >= 0.3 is 6.18 Å². The third kappa shape index (κ3) is 20.0. The second-order valence-corrected chi connectivity index (χ2v) is 32.5. The summed E-state index contributed by atoms with van der Waals surface area (Å²) in [6.45, 7) is 8.35. The van der Waals surface area contributed by atoms with E-state index < -0.39 is 217 Å². The number of rotatable bonds is 14. The Bertz CT molecular complexity index is 3230. The maximum atomic E-state index is 15.7. The first-order chi connectivity index (χ1) is 51.0. The topological polar surface area (TPSA) is 289 Å². The van der Waals surface area contributed by atoms with E-state index in [2.05, 4.69) is 22.9 Å². The highest BCUT2D eigenvalue weighted by molar-refractivity contribution is 6.01. The highest BCUT2D eigenvalue weighted by atomic mass is 19.4. The van der Waals surface area contributed by atoms with Crippen LogP contribution in [0.4, 0.5) is 22.0 Å². The minimum absolute atomic E-state index is 0.00136. The van der Waals surface area contributed by atoms with Crippen LogP contribution in [0.1, 0.15) is 189 Å². The second-order valence-electron chi connectivity index (χ2n) is 32.5. The van der Waals surface area contributed by atoms with Crippen LogP contribution in [0.15, 0.2) is 12.2 Å². The standard InChI is InChI=1S/C77H121F5N12O14/c1-14-23-55-66(97)84-64(46(5)15-2)73(104)94-42-50(107-13)39-60(94)71(102)89(10)56-26-18-17-21-35-92(72(56)103)59(38-47-29-27-45(4)28-30-47)70(101)87(8)44-61(95)83-54(32-31-48-36-52(78)63(53(79)37-48)77(80,81)82)68(99)93-43-51(108-16-3)40-57(93)67(98)85-76(33-22-34-76)75(106)91(12)65(49-24-19-20-25-49)74(105)90(11)58(69(100)86(6)7)41-62(96)88(55)9/h17-18,45-60,63-65H,14-16,19-44H2,1-13H3,(H,83,95)(H,84,97)(H,85,98)/b18-17-/t45?,46-,47?,48?,50-,51+,52?,53?,54-,55-,56-,57-,58-,59-,60-,63?,64-,65-/m0/s1. The highest BCUT2D eigenvalue weighted by Gasteiger charge is 2.57. The Morgan fingerprint density at radius 3 is 1.87 bits per heavy atom. The molecule has 4 saturated carbocycles. The summed E-state index contributed by atoms with van der Waals surface area (Å²) >= 11 is 0. The molecule has 0 aromatic rings. The van der Waals surface area contributed by atoms with Gasteiger partial charge in [0.05, 0.1) is 25.2 Å². The van der Waals surface area contributed by atoms with Crippen molar-refractivity contribution in [3.05, 3.63) is 12.2 Å². The first kappa shape index (κ1) is 86.5. The number of amides is 12. The van der Waals surface area contributed by atoms with E-state index in [4.69, 9.17) is 9.47 Å². The highest BCUT2D eigenvalue weighted by Crippen LogP contribution is 2.45. The van der Waals surface area contributed by atoms with Gasteiger partial charge in [0.25, 0.3) is 0 Å². The fraction of sp³-hybridized carbons (Fsp3) is 0.818. The Labute approximate surface area is 633 Å². The number of hydrogen-bond donors (Lipinski definition) is 3. The lowest BCUT2D eigenvalue weighted by Gasteiger charge is -2.46. The molecule has 0 radical (unpaired) electrons. The fourth-order valence-electron chi connectivity index (χ4n) is 17.9. The lowest BCUT2D eigenvalue weighted by Crippen LogP contribution is -2.68. The van der Waals surface area contributed by atoms with Crippen LogP contribution in [0.25, 0.3) is 0 Å². The van der Waals surface area contributed by atoms with Gasteiger partial charge in [-0.05, 0) is 120 Å². The van der Waals surface area contributed by atoms with Crippen molar-refractivity contribution >= 4 is 70.9 Å².